The summed E-state index contributed by atoms with van der Waals surface area (Å²) >= 11 is 0. The van der Waals surface area contributed by atoms with Gasteiger partial charge < -0.3 is 9.84 Å². The number of nitrogens with one attached hydrogen (secondary N) is 1. The average molecular weight is 348 g/mol. The van der Waals surface area contributed by atoms with E-state index in [9.17, 15) is 0 Å². The Morgan fingerprint density at radius 2 is 2.04 bits per heavy atom. The predicted molar refractivity (Wildman–Crippen MR) is 98.6 cm³/mol. The van der Waals surface area contributed by atoms with Gasteiger partial charge in [0.2, 0.25) is 0 Å². The maximum Gasteiger partial charge on any atom is 0.259 e. The molecule has 0 aliphatic heterocycles. The number of aromatic nitrogens is 5. The normalized spacial score (nSPS) is 12.5. The fourth-order valence-corrected chi connectivity index (χ4v) is 2.79. The molecule has 3 heterocycles. The molecule has 0 amide bonds. The number of rotatable bonds is 6. The molecule has 4 rings (SSSR count). The Labute approximate surface area is 151 Å². The summed E-state index contributed by atoms with van der Waals surface area (Å²) in [7, 11) is 1.91. The largest absolute Gasteiger partial charge is 0.334 e. The summed E-state index contributed by atoms with van der Waals surface area (Å²) in [6.45, 7) is 2.76. The number of benzene rings is 1. The standard InChI is InChI=1S/C19H20N6O/c1-13(20-2)8-17-23-19(26-24-17)16-9-15-11-22-25(18(15)21-10-16)12-14-6-4-3-5-7-14/h3-7,9-11,13,20H,8,12H2,1-2H3. The molecule has 26 heavy (non-hydrogen) atoms. The zero-order valence-electron chi connectivity index (χ0n) is 14.8. The SMILES string of the molecule is CNC(C)Cc1noc(-c2cnc3c(cnn3Cc3ccccc3)c2)n1. The summed E-state index contributed by atoms with van der Waals surface area (Å²) in [5.41, 5.74) is 2.82. The van der Waals surface area contributed by atoms with Crippen LogP contribution in [0.3, 0.4) is 0 Å². The third-order valence-electron chi connectivity index (χ3n) is 4.35. The molecule has 0 saturated carbocycles. The first-order valence-electron chi connectivity index (χ1n) is 8.58. The molecular weight excluding hydrogens is 328 g/mol. The van der Waals surface area contributed by atoms with E-state index >= 15 is 0 Å². The quantitative estimate of drug-likeness (QED) is 0.577. The van der Waals surface area contributed by atoms with Crippen molar-refractivity contribution < 1.29 is 4.52 Å². The Bertz CT molecular complexity index is 1010. The zero-order chi connectivity index (χ0) is 17.9. The minimum absolute atomic E-state index is 0.289. The van der Waals surface area contributed by atoms with E-state index in [1.165, 1.54) is 5.56 Å². The van der Waals surface area contributed by atoms with Crippen LogP contribution in [0.2, 0.25) is 0 Å². The van der Waals surface area contributed by atoms with Gasteiger partial charge in [-0.05, 0) is 25.6 Å². The highest BCUT2D eigenvalue weighted by Gasteiger charge is 2.13. The van der Waals surface area contributed by atoms with Gasteiger partial charge in [-0.25, -0.2) is 9.67 Å². The van der Waals surface area contributed by atoms with E-state index in [0.717, 1.165) is 16.6 Å². The van der Waals surface area contributed by atoms with Crippen molar-refractivity contribution in [1.29, 1.82) is 0 Å². The third kappa shape index (κ3) is 3.34. The van der Waals surface area contributed by atoms with E-state index in [0.29, 0.717) is 24.7 Å². The molecule has 1 atom stereocenters. The molecule has 0 saturated heterocycles. The summed E-state index contributed by atoms with van der Waals surface area (Å²) in [5.74, 6) is 1.16. The molecule has 3 aromatic heterocycles. The van der Waals surface area contributed by atoms with Gasteiger partial charge in [0.05, 0.1) is 18.3 Å². The van der Waals surface area contributed by atoms with E-state index in [2.05, 4.69) is 44.6 Å². The molecule has 4 aromatic rings. The highest BCUT2D eigenvalue weighted by molar-refractivity contribution is 5.79. The molecule has 0 radical (unpaired) electrons. The van der Waals surface area contributed by atoms with Crippen molar-refractivity contribution in [3.63, 3.8) is 0 Å². The fourth-order valence-electron chi connectivity index (χ4n) is 2.79. The van der Waals surface area contributed by atoms with Crippen LogP contribution in [-0.4, -0.2) is 38.0 Å². The molecule has 1 N–H and O–H groups in total. The second-order valence-corrected chi connectivity index (χ2v) is 6.33. The lowest BCUT2D eigenvalue weighted by molar-refractivity contribution is 0.418. The summed E-state index contributed by atoms with van der Waals surface area (Å²) < 4.78 is 7.28. The van der Waals surface area contributed by atoms with Crippen LogP contribution >= 0.6 is 0 Å². The van der Waals surface area contributed by atoms with Crippen molar-refractivity contribution in [3.8, 4) is 11.5 Å². The summed E-state index contributed by atoms with van der Waals surface area (Å²) in [6, 6.07) is 12.5. The lowest BCUT2D eigenvalue weighted by Gasteiger charge is -2.04. The third-order valence-corrected chi connectivity index (χ3v) is 4.35. The minimum atomic E-state index is 0.289. The Hall–Kier alpha value is -3.06. The van der Waals surface area contributed by atoms with E-state index in [4.69, 9.17) is 4.52 Å². The molecule has 132 valence electrons. The molecule has 0 aliphatic rings. The van der Waals surface area contributed by atoms with Gasteiger partial charge in [-0.3, -0.25) is 0 Å². The topological polar surface area (TPSA) is 81.7 Å². The van der Waals surface area contributed by atoms with Gasteiger partial charge in [-0.2, -0.15) is 10.1 Å². The molecule has 0 bridgehead atoms. The smallest absolute Gasteiger partial charge is 0.259 e. The van der Waals surface area contributed by atoms with E-state index in [-0.39, 0.29) is 6.04 Å². The van der Waals surface area contributed by atoms with Gasteiger partial charge in [0, 0.05) is 24.0 Å². The average Bonchev–Trinajstić information content (AvgIpc) is 3.29. The summed E-state index contributed by atoms with van der Waals surface area (Å²) in [5, 5.41) is 12.6. The van der Waals surface area contributed by atoms with Crippen LogP contribution in [-0.2, 0) is 13.0 Å². The number of nitrogens with zero attached hydrogens (tertiary/aromatic N) is 5. The predicted octanol–water partition coefficient (Wildman–Crippen LogP) is 2.68. The molecule has 0 aliphatic carbocycles. The van der Waals surface area contributed by atoms with Crippen molar-refractivity contribution in [2.75, 3.05) is 7.05 Å². The van der Waals surface area contributed by atoms with Gasteiger partial charge in [0.15, 0.2) is 11.5 Å². The zero-order valence-corrected chi connectivity index (χ0v) is 14.8. The fraction of sp³-hybridized carbons (Fsp3) is 0.263. The highest BCUT2D eigenvalue weighted by atomic mass is 16.5. The van der Waals surface area contributed by atoms with Crippen LogP contribution in [0, 0.1) is 0 Å². The molecule has 0 spiro atoms. The van der Waals surface area contributed by atoms with Crippen LogP contribution in [0.4, 0.5) is 0 Å². The first-order valence-corrected chi connectivity index (χ1v) is 8.58. The number of pyridine rings is 1. The molecule has 7 nitrogen and oxygen atoms in total. The van der Waals surface area contributed by atoms with Gasteiger partial charge in [-0.1, -0.05) is 35.5 Å². The van der Waals surface area contributed by atoms with Crippen molar-refractivity contribution in [1.82, 2.24) is 30.2 Å². The Morgan fingerprint density at radius 1 is 1.19 bits per heavy atom. The first kappa shape index (κ1) is 16.4. The number of fused-ring (bicyclic) bond motifs is 1. The Balaban J connectivity index is 1.59. The van der Waals surface area contributed by atoms with Crippen LogP contribution in [0.25, 0.3) is 22.5 Å². The molecular formula is C19H20N6O. The second kappa shape index (κ2) is 7.05. The van der Waals surface area contributed by atoms with Crippen molar-refractivity contribution >= 4 is 11.0 Å². The van der Waals surface area contributed by atoms with Gasteiger partial charge >= 0.3 is 0 Å². The number of likely N-dealkylation sites (N-methyl/N-ethyl adjacent to an activating group) is 1. The molecule has 1 aromatic carbocycles. The van der Waals surface area contributed by atoms with Crippen molar-refractivity contribution in [3.05, 3.63) is 60.2 Å². The van der Waals surface area contributed by atoms with Crippen LogP contribution < -0.4 is 5.32 Å². The molecule has 1 unspecified atom stereocenters. The van der Waals surface area contributed by atoms with E-state index in [1.807, 2.05) is 42.2 Å². The minimum Gasteiger partial charge on any atom is -0.334 e. The summed E-state index contributed by atoms with van der Waals surface area (Å²) in [6.07, 6.45) is 4.28. The lowest BCUT2D eigenvalue weighted by atomic mass is 10.2. The van der Waals surface area contributed by atoms with Crippen molar-refractivity contribution in [2.24, 2.45) is 0 Å². The second-order valence-electron chi connectivity index (χ2n) is 6.33. The van der Waals surface area contributed by atoms with Gasteiger partial charge in [-0.15, -0.1) is 0 Å². The van der Waals surface area contributed by atoms with Gasteiger partial charge in [0.1, 0.15) is 0 Å². The maximum absolute atomic E-state index is 5.39. The van der Waals surface area contributed by atoms with Crippen molar-refractivity contribution in [2.45, 2.75) is 25.9 Å². The van der Waals surface area contributed by atoms with Crippen LogP contribution in [0.5, 0.6) is 0 Å². The summed E-state index contributed by atoms with van der Waals surface area (Å²) in [4.78, 5) is 9.03. The van der Waals surface area contributed by atoms with Crippen LogP contribution in [0.1, 0.15) is 18.3 Å². The Morgan fingerprint density at radius 3 is 2.85 bits per heavy atom. The lowest BCUT2D eigenvalue weighted by Crippen LogP contribution is -2.24. The van der Waals surface area contributed by atoms with Gasteiger partial charge in [0.25, 0.3) is 5.89 Å². The molecule has 0 fully saturated rings. The van der Waals surface area contributed by atoms with Crippen LogP contribution in [0.15, 0.2) is 53.3 Å². The monoisotopic (exact) mass is 348 g/mol. The maximum atomic E-state index is 5.39. The number of hydrogen-bond donors (Lipinski definition) is 1. The Kier molecular flexibility index (Phi) is 4.45. The molecule has 7 heteroatoms. The van der Waals surface area contributed by atoms with E-state index < -0.39 is 0 Å². The van der Waals surface area contributed by atoms with E-state index in [1.54, 1.807) is 6.20 Å². The highest BCUT2D eigenvalue weighted by Crippen LogP contribution is 2.22. The first-order chi connectivity index (χ1) is 12.7. The number of hydrogen-bond acceptors (Lipinski definition) is 6.